The molecule has 0 fully saturated rings. The van der Waals surface area contributed by atoms with Crippen molar-refractivity contribution in [2.75, 3.05) is 0 Å². The summed E-state index contributed by atoms with van der Waals surface area (Å²) in [6.45, 7) is 5.03. The molecule has 3 nitrogen and oxygen atoms in total. The normalized spacial score (nSPS) is 12.9. The Morgan fingerprint density at radius 2 is 2.10 bits per heavy atom. The van der Waals surface area contributed by atoms with E-state index in [1.807, 2.05) is 16.8 Å². The first-order chi connectivity index (χ1) is 10.2. The van der Waals surface area contributed by atoms with Crippen LogP contribution in [0, 0.1) is 0 Å². The summed E-state index contributed by atoms with van der Waals surface area (Å²) in [5, 5.41) is 18.4. The third kappa shape index (κ3) is 2.74. The Balaban J connectivity index is 1.89. The highest BCUT2D eigenvalue weighted by Gasteiger charge is 2.16. The predicted octanol–water partition coefficient (Wildman–Crippen LogP) is 3.96. The maximum atomic E-state index is 10.6. The van der Waals surface area contributed by atoms with Crippen molar-refractivity contribution in [3.8, 4) is 0 Å². The molecule has 1 aromatic carbocycles. The summed E-state index contributed by atoms with van der Waals surface area (Å²) in [4.78, 5) is 0. The van der Waals surface area contributed by atoms with Crippen LogP contribution in [0.4, 0.5) is 0 Å². The number of thiophene rings is 1. The van der Waals surface area contributed by atoms with Crippen molar-refractivity contribution in [2.45, 2.75) is 39.3 Å². The van der Waals surface area contributed by atoms with Gasteiger partial charge < -0.3 is 5.11 Å². The quantitative estimate of drug-likeness (QED) is 0.774. The fourth-order valence-electron chi connectivity index (χ4n) is 2.69. The van der Waals surface area contributed by atoms with Gasteiger partial charge in [-0.1, -0.05) is 25.1 Å². The zero-order valence-corrected chi connectivity index (χ0v) is 13.2. The Hall–Kier alpha value is -1.65. The molecule has 0 aliphatic carbocycles. The Bertz CT molecular complexity index is 744. The molecule has 2 heterocycles. The third-order valence-electron chi connectivity index (χ3n) is 3.85. The average Bonchev–Trinajstić information content (AvgIpc) is 3.10. The highest BCUT2D eigenvalue weighted by atomic mass is 32.1. The second-order valence-electron chi connectivity index (χ2n) is 5.20. The van der Waals surface area contributed by atoms with E-state index in [0.29, 0.717) is 6.42 Å². The highest BCUT2D eigenvalue weighted by Crippen LogP contribution is 2.31. The Morgan fingerprint density at radius 3 is 2.86 bits per heavy atom. The summed E-state index contributed by atoms with van der Waals surface area (Å²) in [7, 11) is 0. The Labute approximate surface area is 128 Å². The number of rotatable bonds is 5. The molecule has 0 radical (unpaired) electrons. The molecule has 1 unspecified atom stereocenters. The van der Waals surface area contributed by atoms with Gasteiger partial charge >= 0.3 is 0 Å². The van der Waals surface area contributed by atoms with Crippen LogP contribution >= 0.6 is 11.3 Å². The predicted molar refractivity (Wildman–Crippen MR) is 87.8 cm³/mol. The Kier molecular flexibility index (Phi) is 4.08. The van der Waals surface area contributed by atoms with Crippen LogP contribution in [0.3, 0.4) is 0 Å². The molecule has 0 bridgehead atoms. The van der Waals surface area contributed by atoms with Gasteiger partial charge in [-0.15, -0.1) is 11.3 Å². The van der Waals surface area contributed by atoms with Crippen molar-refractivity contribution in [1.82, 2.24) is 9.78 Å². The second kappa shape index (κ2) is 6.00. The lowest BCUT2D eigenvalue weighted by molar-refractivity contribution is 0.177. The average molecular weight is 300 g/mol. The molecule has 3 rings (SSSR count). The maximum absolute atomic E-state index is 10.6. The Morgan fingerprint density at radius 1 is 1.29 bits per heavy atom. The van der Waals surface area contributed by atoms with Crippen LogP contribution in [0.5, 0.6) is 0 Å². The number of hydrogen-bond acceptors (Lipinski definition) is 3. The molecule has 0 saturated heterocycles. The van der Waals surface area contributed by atoms with E-state index >= 15 is 0 Å². The van der Waals surface area contributed by atoms with Crippen molar-refractivity contribution in [3.05, 3.63) is 52.7 Å². The lowest BCUT2D eigenvalue weighted by Gasteiger charge is -2.11. The monoisotopic (exact) mass is 300 g/mol. The van der Waals surface area contributed by atoms with Crippen LogP contribution in [0.15, 0.2) is 35.7 Å². The number of hydrogen-bond donors (Lipinski definition) is 1. The second-order valence-corrected chi connectivity index (χ2v) is 6.11. The van der Waals surface area contributed by atoms with E-state index in [4.69, 9.17) is 0 Å². The minimum absolute atomic E-state index is 0.479. The van der Waals surface area contributed by atoms with E-state index in [1.165, 1.54) is 4.70 Å². The summed E-state index contributed by atoms with van der Waals surface area (Å²) in [5.41, 5.74) is 3.23. The lowest BCUT2D eigenvalue weighted by Crippen LogP contribution is -2.08. The molecule has 2 aromatic heterocycles. The number of aliphatic hydroxyl groups is 1. The van der Waals surface area contributed by atoms with Crippen LogP contribution in [0.1, 0.15) is 36.9 Å². The maximum Gasteiger partial charge on any atom is 0.0859 e. The summed E-state index contributed by atoms with van der Waals surface area (Å²) in [6, 6.07) is 10.4. The van der Waals surface area contributed by atoms with E-state index in [9.17, 15) is 5.11 Å². The summed E-state index contributed by atoms with van der Waals surface area (Å²) in [5.74, 6) is 0. The van der Waals surface area contributed by atoms with Crippen molar-refractivity contribution >= 4 is 21.4 Å². The molecule has 0 aliphatic heterocycles. The number of aryl methyl sites for hydroxylation is 2. The first-order valence-corrected chi connectivity index (χ1v) is 8.30. The molecule has 0 aliphatic rings. The van der Waals surface area contributed by atoms with Crippen LogP contribution in [-0.4, -0.2) is 14.9 Å². The zero-order chi connectivity index (χ0) is 14.8. The van der Waals surface area contributed by atoms with Gasteiger partial charge in [0.1, 0.15) is 0 Å². The molecular weight excluding hydrogens is 280 g/mol. The standard InChI is InChI=1S/C17H20N2OS/c1-3-12-9-13(19(4-2)18-12)10-16(20)15-11-21-17-8-6-5-7-14(15)17/h5-9,11,16,20H,3-4,10H2,1-2H3. The first kappa shape index (κ1) is 14.3. The summed E-state index contributed by atoms with van der Waals surface area (Å²) < 4.78 is 3.22. The van der Waals surface area contributed by atoms with Crippen molar-refractivity contribution < 1.29 is 5.11 Å². The number of benzene rings is 1. The van der Waals surface area contributed by atoms with Crippen LogP contribution < -0.4 is 0 Å². The van der Waals surface area contributed by atoms with Crippen LogP contribution in [-0.2, 0) is 19.4 Å². The van der Waals surface area contributed by atoms with Gasteiger partial charge in [0, 0.05) is 23.4 Å². The van der Waals surface area contributed by atoms with Crippen LogP contribution in [0.2, 0.25) is 0 Å². The largest absolute Gasteiger partial charge is 0.388 e. The van der Waals surface area contributed by atoms with Gasteiger partial charge in [-0.2, -0.15) is 5.10 Å². The molecule has 0 saturated carbocycles. The molecule has 1 N–H and O–H groups in total. The molecule has 21 heavy (non-hydrogen) atoms. The third-order valence-corrected chi connectivity index (χ3v) is 4.83. The van der Waals surface area contributed by atoms with Gasteiger partial charge in [0.15, 0.2) is 0 Å². The van der Waals surface area contributed by atoms with Gasteiger partial charge in [-0.25, -0.2) is 0 Å². The fourth-order valence-corrected chi connectivity index (χ4v) is 3.70. The number of aromatic nitrogens is 2. The topological polar surface area (TPSA) is 38.0 Å². The molecular formula is C17H20N2OS. The smallest absolute Gasteiger partial charge is 0.0859 e. The molecule has 0 amide bonds. The van der Waals surface area contributed by atoms with E-state index in [2.05, 4.69) is 42.5 Å². The number of fused-ring (bicyclic) bond motifs is 1. The van der Waals surface area contributed by atoms with E-state index in [-0.39, 0.29) is 0 Å². The van der Waals surface area contributed by atoms with Gasteiger partial charge in [0.05, 0.1) is 11.8 Å². The van der Waals surface area contributed by atoms with E-state index < -0.39 is 6.10 Å². The van der Waals surface area contributed by atoms with Gasteiger partial charge in [-0.05, 0) is 41.8 Å². The van der Waals surface area contributed by atoms with Crippen molar-refractivity contribution in [3.63, 3.8) is 0 Å². The molecule has 1 atom stereocenters. The molecule has 3 aromatic rings. The molecule has 110 valence electrons. The van der Waals surface area contributed by atoms with Gasteiger partial charge in [0.2, 0.25) is 0 Å². The summed E-state index contributed by atoms with van der Waals surface area (Å²) >= 11 is 1.69. The first-order valence-electron chi connectivity index (χ1n) is 7.42. The van der Waals surface area contributed by atoms with Crippen molar-refractivity contribution in [2.24, 2.45) is 0 Å². The SMILES string of the molecule is CCc1cc(CC(O)c2csc3ccccc23)n(CC)n1. The van der Waals surface area contributed by atoms with E-state index in [1.54, 1.807) is 11.3 Å². The molecule has 4 heteroatoms. The zero-order valence-electron chi connectivity index (χ0n) is 12.4. The highest BCUT2D eigenvalue weighted by molar-refractivity contribution is 7.17. The fraction of sp³-hybridized carbons (Fsp3) is 0.353. The minimum Gasteiger partial charge on any atom is -0.388 e. The van der Waals surface area contributed by atoms with Gasteiger partial charge in [0.25, 0.3) is 0 Å². The van der Waals surface area contributed by atoms with Crippen molar-refractivity contribution in [1.29, 1.82) is 0 Å². The number of nitrogens with zero attached hydrogens (tertiary/aromatic N) is 2. The van der Waals surface area contributed by atoms with Gasteiger partial charge in [-0.3, -0.25) is 4.68 Å². The van der Waals surface area contributed by atoms with Crippen LogP contribution in [0.25, 0.3) is 10.1 Å². The minimum atomic E-state index is -0.479. The molecule has 0 spiro atoms. The van der Waals surface area contributed by atoms with E-state index in [0.717, 1.165) is 35.3 Å². The number of aliphatic hydroxyl groups excluding tert-OH is 1. The summed E-state index contributed by atoms with van der Waals surface area (Å²) in [6.07, 6.45) is 1.06. The lowest BCUT2D eigenvalue weighted by atomic mass is 10.0.